The molecule has 1 aromatic rings. The summed E-state index contributed by atoms with van der Waals surface area (Å²) in [6, 6.07) is 0.352. The molecule has 0 aromatic carbocycles. The van der Waals surface area contributed by atoms with Gasteiger partial charge < -0.3 is 15.5 Å². The Bertz CT molecular complexity index is 563. The number of guanidine groups is 1. The second-order valence-corrected chi connectivity index (χ2v) is 7.96. The lowest BCUT2D eigenvalue weighted by atomic mass is 9.98. The second kappa shape index (κ2) is 7.74. The number of nitrogens with zero attached hydrogens (tertiary/aromatic N) is 5. The molecule has 0 radical (unpaired) electrons. The van der Waals surface area contributed by atoms with Crippen LogP contribution < -0.4 is 10.6 Å². The molecule has 8 heteroatoms. The highest BCUT2D eigenvalue weighted by Crippen LogP contribution is 2.32. The summed E-state index contributed by atoms with van der Waals surface area (Å²) in [4.78, 5) is 11.6. The summed E-state index contributed by atoms with van der Waals surface area (Å²) in [5.41, 5.74) is 0.193. The Morgan fingerprint density at radius 2 is 2.42 bits per heavy atom. The average molecular weight is 352 g/mol. The van der Waals surface area contributed by atoms with Crippen molar-refractivity contribution in [3.05, 3.63) is 12.2 Å². The molecule has 24 heavy (non-hydrogen) atoms. The summed E-state index contributed by atoms with van der Waals surface area (Å²) >= 11 is 2.03. The van der Waals surface area contributed by atoms with Gasteiger partial charge in [0.05, 0.1) is 13.1 Å². The molecule has 2 atom stereocenters. The van der Waals surface area contributed by atoms with Gasteiger partial charge >= 0.3 is 0 Å². The van der Waals surface area contributed by atoms with Crippen molar-refractivity contribution in [3.63, 3.8) is 0 Å². The molecule has 2 aliphatic heterocycles. The van der Waals surface area contributed by atoms with Crippen LogP contribution >= 0.6 is 11.8 Å². The van der Waals surface area contributed by atoms with Crippen molar-refractivity contribution in [1.82, 2.24) is 30.3 Å². The number of aromatic nitrogens is 3. The SMILES string of the molecule is CCNC(=NCC1(N(C)C)CCSC1)NC1CCc2ncnn2C1. The zero-order valence-corrected chi connectivity index (χ0v) is 15.8. The Labute approximate surface area is 148 Å². The molecule has 1 saturated heterocycles. The van der Waals surface area contributed by atoms with E-state index >= 15 is 0 Å². The fraction of sp³-hybridized carbons (Fsp3) is 0.812. The van der Waals surface area contributed by atoms with Crippen LogP contribution in [0, 0.1) is 0 Å². The van der Waals surface area contributed by atoms with Crippen molar-refractivity contribution in [1.29, 1.82) is 0 Å². The topological polar surface area (TPSA) is 70.4 Å². The highest BCUT2D eigenvalue weighted by Gasteiger charge is 2.36. The molecule has 134 valence electrons. The molecule has 1 aromatic heterocycles. The van der Waals surface area contributed by atoms with E-state index in [1.165, 1.54) is 12.2 Å². The smallest absolute Gasteiger partial charge is 0.191 e. The maximum Gasteiger partial charge on any atom is 0.191 e. The van der Waals surface area contributed by atoms with Crippen molar-refractivity contribution in [2.24, 2.45) is 4.99 Å². The van der Waals surface area contributed by atoms with Gasteiger partial charge in [-0.05, 0) is 39.6 Å². The number of aryl methyl sites for hydroxylation is 1. The summed E-state index contributed by atoms with van der Waals surface area (Å²) in [5, 5.41) is 11.3. The molecular formula is C16H29N7S. The van der Waals surface area contributed by atoms with E-state index in [4.69, 9.17) is 4.99 Å². The fourth-order valence-corrected chi connectivity index (χ4v) is 4.85. The first-order valence-electron chi connectivity index (χ1n) is 8.80. The van der Waals surface area contributed by atoms with Crippen molar-refractivity contribution in [3.8, 4) is 0 Å². The Morgan fingerprint density at radius 1 is 1.54 bits per heavy atom. The lowest BCUT2D eigenvalue weighted by Gasteiger charge is -2.34. The summed E-state index contributed by atoms with van der Waals surface area (Å²) in [6.07, 6.45) is 4.89. The van der Waals surface area contributed by atoms with Crippen LogP contribution in [0.1, 0.15) is 25.6 Å². The van der Waals surface area contributed by atoms with E-state index in [1.807, 2.05) is 16.4 Å². The van der Waals surface area contributed by atoms with Gasteiger partial charge in [-0.25, -0.2) is 9.67 Å². The molecule has 1 fully saturated rings. The molecule has 0 bridgehead atoms. The maximum absolute atomic E-state index is 4.92. The third-order valence-electron chi connectivity index (χ3n) is 5.05. The number of fused-ring (bicyclic) bond motifs is 1. The summed E-state index contributed by atoms with van der Waals surface area (Å²) < 4.78 is 2.00. The monoisotopic (exact) mass is 351 g/mol. The normalized spacial score (nSPS) is 27.3. The number of hydrogen-bond acceptors (Lipinski definition) is 5. The van der Waals surface area contributed by atoms with Crippen molar-refractivity contribution < 1.29 is 0 Å². The third kappa shape index (κ3) is 3.85. The van der Waals surface area contributed by atoms with Gasteiger partial charge in [0.1, 0.15) is 12.2 Å². The van der Waals surface area contributed by atoms with E-state index in [0.29, 0.717) is 6.04 Å². The largest absolute Gasteiger partial charge is 0.357 e. The molecule has 3 heterocycles. The summed E-state index contributed by atoms with van der Waals surface area (Å²) in [5.74, 6) is 4.40. The molecule has 2 N–H and O–H groups in total. The van der Waals surface area contributed by atoms with Crippen LogP contribution in [0.4, 0.5) is 0 Å². The molecule has 0 amide bonds. The number of rotatable bonds is 5. The number of thioether (sulfide) groups is 1. The predicted octanol–water partition coefficient (Wildman–Crippen LogP) is 0.585. The first kappa shape index (κ1) is 17.5. The summed E-state index contributed by atoms with van der Waals surface area (Å²) in [6.45, 7) is 4.68. The zero-order valence-electron chi connectivity index (χ0n) is 15.0. The Morgan fingerprint density at radius 3 is 3.12 bits per heavy atom. The van der Waals surface area contributed by atoms with Gasteiger partial charge in [-0.1, -0.05) is 0 Å². The van der Waals surface area contributed by atoms with Gasteiger partial charge in [0.2, 0.25) is 0 Å². The molecule has 0 spiro atoms. The molecule has 3 rings (SSSR count). The number of aliphatic imine (C=N–C) groups is 1. The van der Waals surface area contributed by atoms with Gasteiger partial charge in [0.15, 0.2) is 5.96 Å². The quantitative estimate of drug-likeness (QED) is 0.598. The van der Waals surface area contributed by atoms with Crippen LogP contribution in [-0.2, 0) is 13.0 Å². The van der Waals surface area contributed by atoms with Crippen molar-refractivity contribution in [2.45, 2.75) is 44.3 Å². The molecule has 2 unspecified atom stereocenters. The van der Waals surface area contributed by atoms with E-state index in [-0.39, 0.29) is 5.54 Å². The lowest BCUT2D eigenvalue weighted by Crippen LogP contribution is -2.50. The fourth-order valence-electron chi connectivity index (χ4n) is 3.31. The summed E-state index contributed by atoms with van der Waals surface area (Å²) in [7, 11) is 4.35. The number of nitrogens with one attached hydrogen (secondary N) is 2. The molecular weight excluding hydrogens is 322 g/mol. The third-order valence-corrected chi connectivity index (χ3v) is 6.29. The van der Waals surface area contributed by atoms with E-state index in [0.717, 1.165) is 50.0 Å². The van der Waals surface area contributed by atoms with Crippen LogP contribution in [0.15, 0.2) is 11.3 Å². The minimum atomic E-state index is 0.193. The van der Waals surface area contributed by atoms with E-state index in [1.54, 1.807) is 6.33 Å². The number of likely N-dealkylation sites (N-methyl/N-ethyl adjacent to an activating group) is 1. The Kier molecular flexibility index (Phi) is 5.65. The van der Waals surface area contributed by atoms with Crippen LogP contribution in [0.2, 0.25) is 0 Å². The number of hydrogen-bond donors (Lipinski definition) is 2. The van der Waals surface area contributed by atoms with E-state index in [9.17, 15) is 0 Å². The minimum Gasteiger partial charge on any atom is -0.357 e. The molecule has 2 aliphatic rings. The standard InChI is InChI=1S/C16H29N7S/c1-4-17-15(18-10-16(22(2)3)7-8-24-11-16)21-13-5-6-14-19-12-20-23(14)9-13/h12-13H,4-11H2,1-3H3,(H2,17,18,21). The molecule has 7 nitrogen and oxygen atoms in total. The minimum absolute atomic E-state index is 0.193. The van der Waals surface area contributed by atoms with Gasteiger partial charge in [0, 0.05) is 30.3 Å². The van der Waals surface area contributed by atoms with Crippen molar-refractivity contribution >= 4 is 17.7 Å². The van der Waals surface area contributed by atoms with Gasteiger partial charge in [0.25, 0.3) is 0 Å². The molecule has 0 saturated carbocycles. The van der Waals surface area contributed by atoms with Gasteiger partial charge in [-0.15, -0.1) is 0 Å². The Balaban J connectivity index is 1.64. The van der Waals surface area contributed by atoms with E-state index < -0.39 is 0 Å². The first-order valence-corrected chi connectivity index (χ1v) is 9.95. The van der Waals surface area contributed by atoms with Gasteiger partial charge in [-0.2, -0.15) is 16.9 Å². The van der Waals surface area contributed by atoms with Crippen LogP contribution in [0.3, 0.4) is 0 Å². The highest BCUT2D eigenvalue weighted by molar-refractivity contribution is 7.99. The van der Waals surface area contributed by atoms with Crippen molar-refractivity contribution in [2.75, 3.05) is 38.7 Å². The molecule has 0 aliphatic carbocycles. The van der Waals surface area contributed by atoms with Crippen LogP contribution in [0.5, 0.6) is 0 Å². The van der Waals surface area contributed by atoms with Crippen LogP contribution in [-0.4, -0.2) is 75.9 Å². The second-order valence-electron chi connectivity index (χ2n) is 6.85. The first-order chi connectivity index (χ1) is 11.6. The zero-order chi connectivity index (χ0) is 17.0. The predicted molar refractivity (Wildman–Crippen MR) is 99.6 cm³/mol. The Hall–Kier alpha value is -1.28. The lowest BCUT2D eigenvalue weighted by molar-refractivity contribution is 0.190. The van der Waals surface area contributed by atoms with Gasteiger partial charge in [-0.3, -0.25) is 4.99 Å². The van der Waals surface area contributed by atoms with E-state index in [2.05, 4.69) is 46.6 Å². The van der Waals surface area contributed by atoms with Crippen LogP contribution in [0.25, 0.3) is 0 Å². The maximum atomic E-state index is 4.92. The average Bonchev–Trinajstić information content (AvgIpc) is 3.22. The highest BCUT2D eigenvalue weighted by atomic mass is 32.2.